The summed E-state index contributed by atoms with van der Waals surface area (Å²) >= 11 is 0. The summed E-state index contributed by atoms with van der Waals surface area (Å²) in [5.41, 5.74) is 6.90. The summed E-state index contributed by atoms with van der Waals surface area (Å²) < 4.78 is 29.6. The Kier molecular flexibility index (Phi) is 5.18. The summed E-state index contributed by atoms with van der Waals surface area (Å²) in [5.74, 6) is 0.0666. The number of hydrogen-bond donors (Lipinski definition) is 1. The largest absolute Gasteiger partial charge is 0.433 e. The van der Waals surface area contributed by atoms with Gasteiger partial charge in [0.05, 0.1) is 5.69 Å². The highest BCUT2D eigenvalue weighted by Crippen LogP contribution is 2.32. The van der Waals surface area contributed by atoms with Crippen molar-refractivity contribution >= 4 is 11.4 Å². The molecule has 0 aromatic heterocycles. The lowest BCUT2D eigenvalue weighted by Crippen LogP contribution is -2.55. The third-order valence-electron chi connectivity index (χ3n) is 6.18. The third kappa shape index (κ3) is 3.74. The lowest BCUT2D eigenvalue weighted by Gasteiger charge is -2.45. The Balaban J connectivity index is 1.35. The van der Waals surface area contributed by atoms with Gasteiger partial charge in [-0.1, -0.05) is 0 Å². The van der Waals surface area contributed by atoms with Gasteiger partial charge in [0.25, 0.3) is 0 Å². The molecule has 26 heavy (non-hydrogen) atoms. The van der Waals surface area contributed by atoms with Crippen molar-refractivity contribution in [2.75, 3.05) is 49.9 Å². The molecule has 0 bridgehead atoms. The van der Waals surface area contributed by atoms with E-state index >= 15 is 0 Å². The first kappa shape index (κ1) is 17.8. The van der Waals surface area contributed by atoms with Gasteiger partial charge in [0.2, 0.25) is 0 Å². The molecule has 1 unspecified atom stereocenters. The number of nitrogens with zero attached hydrogens (tertiary/aromatic N) is 3. The lowest BCUT2D eigenvalue weighted by molar-refractivity contribution is -0.0493. The van der Waals surface area contributed by atoms with E-state index < -0.39 is 6.61 Å². The molecular formula is C19H28F2N4O. The van der Waals surface area contributed by atoms with Crippen molar-refractivity contribution in [2.45, 2.75) is 44.4 Å². The van der Waals surface area contributed by atoms with E-state index in [0.717, 1.165) is 37.7 Å². The summed E-state index contributed by atoms with van der Waals surface area (Å²) in [6.07, 6.45) is 4.91. The number of piperidine rings is 1. The maximum absolute atomic E-state index is 12.5. The fraction of sp³-hybridized carbons (Fsp3) is 0.684. The van der Waals surface area contributed by atoms with Gasteiger partial charge in [-0.3, -0.25) is 9.80 Å². The van der Waals surface area contributed by atoms with Crippen LogP contribution in [-0.2, 0) is 0 Å². The van der Waals surface area contributed by atoms with E-state index in [0.29, 0.717) is 6.04 Å². The number of piperazine rings is 1. The number of nitrogen functional groups attached to an aromatic ring is 1. The quantitative estimate of drug-likeness (QED) is 0.830. The van der Waals surface area contributed by atoms with Gasteiger partial charge in [0.1, 0.15) is 0 Å². The molecule has 1 atom stereocenters. The number of fused-ring (bicyclic) bond motifs is 1. The Morgan fingerprint density at radius 3 is 2.50 bits per heavy atom. The second-order valence-corrected chi connectivity index (χ2v) is 7.65. The monoisotopic (exact) mass is 366 g/mol. The van der Waals surface area contributed by atoms with Crippen molar-refractivity contribution in [1.29, 1.82) is 0 Å². The van der Waals surface area contributed by atoms with E-state index in [4.69, 9.17) is 5.73 Å². The molecule has 0 radical (unpaired) electrons. The van der Waals surface area contributed by atoms with Crippen LogP contribution in [0.4, 0.5) is 20.2 Å². The van der Waals surface area contributed by atoms with Gasteiger partial charge in [0, 0.05) is 56.6 Å². The zero-order valence-electron chi connectivity index (χ0n) is 15.1. The molecule has 5 nitrogen and oxygen atoms in total. The molecule has 4 rings (SSSR count). The third-order valence-corrected chi connectivity index (χ3v) is 6.18. The number of halogens is 2. The van der Waals surface area contributed by atoms with Crippen LogP contribution >= 0.6 is 0 Å². The summed E-state index contributed by atoms with van der Waals surface area (Å²) in [6, 6.07) is 6.58. The molecule has 3 saturated heterocycles. The van der Waals surface area contributed by atoms with Gasteiger partial charge in [-0.15, -0.1) is 0 Å². The molecule has 1 aromatic rings. The zero-order valence-corrected chi connectivity index (χ0v) is 15.1. The Hall–Kier alpha value is -1.60. The van der Waals surface area contributed by atoms with E-state index in [1.54, 1.807) is 12.1 Å². The number of hydrogen-bond acceptors (Lipinski definition) is 5. The van der Waals surface area contributed by atoms with E-state index in [9.17, 15) is 8.78 Å². The molecule has 144 valence electrons. The minimum atomic E-state index is -2.85. The maximum Gasteiger partial charge on any atom is 0.387 e. The minimum Gasteiger partial charge on any atom is -0.433 e. The summed E-state index contributed by atoms with van der Waals surface area (Å²) in [5, 5.41) is 0. The van der Waals surface area contributed by atoms with Gasteiger partial charge >= 0.3 is 6.61 Å². The maximum atomic E-state index is 12.5. The first-order valence-corrected chi connectivity index (χ1v) is 9.67. The highest BCUT2D eigenvalue weighted by atomic mass is 19.3. The van der Waals surface area contributed by atoms with Crippen molar-refractivity contribution in [3.8, 4) is 5.75 Å². The zero-order chi connectivity index (χ0) is 18.1. The SMILES string of the molecule is Nc1ccc(N2CCC(N3CCN4CCCC4C3)CC2)cc1OC(F)F. The molecule has 0 aliphatic carbocycles. The summed E-state index contributed by atoms with van der Waals surface area (Å²) in [7, 11) is 0. The van der Waals surface area contributed by atoms with Crippen LogP contribution in [0.3, 0.4) is 0 Å². The molecule has 1 aromatic carbocycles. The average molecular weight is 366 g/mol. The fourth-order valence-electron chi connectivity index (χ4n) is 4.75. The van der Waals surface area contributed by atoms with Crippen molar-refractivity contribution in [2.24, 2.45) is 0 Å². The molecule has 3 aliphatic rings. The molecular weight excluding hydrogens is 338 g/mol. The van der Waals surface area contributed by atoms with Crippen LogP contribution in [0.5, 0.6) is 5.75 Å². The summed E-state index contributed by atoms with van der Waals surface area (Å²) in [6.45, 7) is 3.89. The van der Waals surface area contributed by atoms with Crippen LogP contribution in [0.1, 0.15) is 25.7 Å². The molecule has 7 heteroatoms. The van der Waals surface area contributed by atoms with Crippen LogP contribution in [0.15, 0.2) is 18.2 Å². The highest BCUT2D eigenvalue weighted by Gasteiger charge is 2.34. The molecule has 0 spiro atoms. The Bertz CT molecular complexity index is 622. The smallest absolute Gasteiger partial charge is 0.387 e. The average Bonchev–Trinajstić information content (AvgIpc) is 3.11. The van der Waals surface area contributed by atoms with Crippen molar-refractivity contribution in [3.05, 3.63) is 18.2 Å². The summed E-state index contributed by atoms with van der Waals surface area (Å²) in [4.78, 5) is 7.57. The minimum absolute atomic E-state index is 0.0666. The predicted molar refractivity (Wildman–Crippen MR) is 98.9 cm³/mol. The normalized spacial score (nSPS) is 25.7. The Morgan fingerprint density at radius 2 is 1.73 bits per heavy atom. The van der Waals surface area contributed by atoms with Crippen LogP contribution in [0.25, 0.3) is 0 Å². The van der Waals surface area contributed by atoms with Gasteiger partial charge in [-0.05, 0) is 44.4 Å². The molecule has 3 heterocycles. The van der Waals surface area contributed by atoms with E-state index in [1.165, 1.54) is 39.0 Å². The van der Waals surface area contributed by atoms with Crippen molar-refractivity contribution in [3.63, 3.8) is 0 Å². The van der Waals surface area contributed by atoms with Crippen LogP contribution in [-0.4, -0.2) is 67.8 Å². The van der Waals surface area contributed by atoms with Crippen molar-refractivity contribution in [1.82, 2.24) is 9.80 Å². The van der Waals surface area contributed by atoms with E-state index in [1.807, 2.05) is 6.07 Å². The van der Waals surface area contributed by atoms with Gasteiger partial charge in [-0.25, -0.2) is 0 Å². The number of nitrogens with two attached hydrogens (primary N) is 1. The van der Waals surface area contributed by atoms with Crippen LogP contribution < -0.4 is 15.4 Å². The Morgan fingerprint density at radius 1 is 0.962 bits per heavy atom. The van der Waals surface area contributed by atoms with Gasteiger partial charge in [0.15, 0.2) is 5.75 Å². The van der Waals surface area contributed by atoms with Crippen LogP contribution in [0, 0.1) is 0 Å². The molecule has 0 amide bonds. The molecule has 3 fully saturated rings. The topological polar surface area (TPSA) is 45.0 Å². The number of anilines is 2. The van der Waals surface area contributed by atoms with E-state index in [-0.39, 0.29) is 11.4 Å². The standard InChI is InChI=1S/C19H28F2N4O/c20-19(21)26-18-12-15(3-4-17(18)22)24-8-5-14(6-9-24)25-11-10-23-7-1-2-16(23)13-25/h3-4,12,14,16,19H,1-2,5-11,13,22H2. The van der Waals surface area contributed by atoms with Gasteiger partial charge < -0.3 is 15.4 Å². The first-order chi connectivity index (χ1) is 12.6. The van der Waals surface area contributed by atoms with Crippen LogP contribution in [0.2, 0.25) is 0 Å². The second kappa shape index (κ2) is 7.56. The number of benzene rings is 1. The van der Waals surface area contributed by atoms with Crippen molar-refractivity contribution < 1.29 is 13.5 Å². The molecule has 0 saturated carbocycles. The lowest BCUT2D eigenvalue weighted by atomic mass is 10.00. The predicted octanol–water partition coefficient (Wildman–Crippen LogP) is 2.62. The van der Waals surface area contributed by atoms with Gasteiger partial charge in [-0.2, -0.15) is 8.78 Å². The van der Waals surface area contributed by atoms with E-state index in [2.05, 4.69) is 19.4 Å². The first-order valence-electron chi connectivity index (χ1n) is 9.67. The Labute approximate surface area is 153 Å². The second-order valence-electron chi connectivity index (χ2n) is 7.65. The highest BCUT2D eigenvalue weighted by molar-refractivity contribution is 5.62. The number of rotatable bonds is 4. The number of ether oxygens (including phenoxy) is 1. The number of alkyl halides is 2. The fourth-order valence-corrected chi connectivity index (χ4v) is 4.75. The molecule has 2 N–H and O–H groups in total. The molecule has 3 aliphatic heterocycles.